The van der Waals surface area contributed by atoms with E-state index < -0.39 is 0 Å². The van der Waals surface area contributed by atoms with E-state index in [1.807, 2.05) is 35.2 Å². The predicted octanol–water partition coefficient (Wildman–Crippen LogP) is 4.16. The quantitative estimate of drug-likeness (QED) is 0.735. The van der Waals surface area contributed by atoms with E-state index >= 15 is 0 Å². The third kappa shape index (κ3) is 4.61. The predicted molar refractivity (Wildman–Crippen MR) is 115 cm³/mol. The van der Waals surface area contributed by atoms with Gasteiger partial charge in [-0.05, 0) is 57.0 Å². The lowest BCUT2D eigenvalue weighted by molar-refractivity contribution is 0.0728. The first-order chi connectivity index (χ1) is 14.0. The highest BCUT2D eigenvalue weighted by Gasteiger charge is 2.33. The van der Waals surface area contributed by atoms with Gasteiger partial charge in [0.05, 0.1) is 0 Å². The molecule has 29 heavy (non-hydrogen) atoms. The molecule has 0 radical (unpaired) electrons. The summed E-state index contributed by atoms with van der Waals surface area (Å²) in [6, 6.07) is 15.5. The number of anilines is 1. The lowest BCUT2D eigenvalue weighted by Gasteiger charge is -2.38. The number of amides is 1. The molecule has 0 aromatic heterocycles. The fourth-order valence-electron chi connectivity index (χ4n) is 4.04. The lowest BCUT2D eigenvalue weighted by Crippen LogP contribution is -2.48. The molecule has 2 aliphatic rings. The van der Waals surface area contributed by atoms with Crippen molar-refractivity contribution in [1.29, 1.82) is 0 Å². The Hall–Kier alpha value is -2.40. The van der Waals surface area contributed by atoms with Crippen LogP contribution in [0.1, 0.15) is 42.6 Å². The van der Waals surface area contributed by atoms with Crippen molar-refractivity contribution in [2.24, 2.45) is 0 Å². The minimum Gasteiger partial charge on any atom is -0.369 e. The van der Waals surface area contributed by atoms with E-state index in [9.17, 15) is 9.18 Å². The molecule has 0 spiro atoms. The number of rotatable bonds is 6. The maximum absolute atomic E-state index is 14.1. The van der Waals surface area contributed by atoms with Crippen molar-refractivity contribution in [2.75, 3.05) is 31.1 Å². The smallest absolute Gasteiger partial charge is 0.254 e. The van der Waals surface area contributed by atoms with Crippen LogP contribution in [-0.2, 0) is 6.54 Å². The number of carbonyl (C=O) groups is 1. The highest BCUT2D eigenvalue weighted by Crippen LogP contribution is 2.30. The summed E-state index contributed by atoms with van der Waals surface area (Å²) >= 11 is 0. The van der Waals surface area contributed by atoms with Crippen LogP contribution in [0.5, 0.6) is 0 Å². The van der Waals surface area contributed by atoms with Crippen LogP contribution in [0.15, 0.2) is 48.5 Å². The molecule has 4 rings (SSSR count). The Labute approximate surface area is 172 Å². The van der Waals surface area contributed by atoms with E-state index in [4.69, 9.17) is 0 Å². The van der Waals surface area contributed by atoms with Crippen LogP contribution in [0.2, 0.25) is 0 Å². The molecule has 2 fully saturated rings. The summed E-state index contributed by atoms with van der Waals surface area (Å²) in [6.45, 7) is 8.95. The lowest BCUT2D eigenvalue weighted by atomic mass is 10.1. The molecule has 0 unspecified atom stereocenters. The van der Waals surface area contributed by atoms with Gasteiger partial charge in [-0.15, -0.1) is 0 Å². The normalized spacial score (nSPS) is 17.6. The van der Waals surface area contributed by atoms with Gasteiger partial charge in [0.15, 0.2) is 0 Å². The van der Waals surface area contributed by atoms with Gasteiger partial charge in [0, 0.05) is 61.6 Å². The molecule has 5 heteroatoms. The monoisotopic (exact) mass is 395 g/mol. The summed E-state index contributed by atoms with van der Waals surface area (Å²) in [6.07, 6.45) is 2.00. The van der Waals surface area contributed by atoms with Crippen LogP contribution in [0, 0.1) is 5.82 Å². The van der Waals surface area contributed by atoms with Gasteiger partial charge in [-0.25, -0.2) is 4.39 Å². The highest BCUT2D eigenvalue weighted by molar-refractivity contribution is 5.95. The second-order valence-corrected chi connectivity index (χ2v) is 8.42. The summed E-state index contributed by atoms with van der Waals surface area (Å²) in [5.41, 5.74) is 2.42. The maximum Gasteiger partial charge on any atom is 0.254 e. The molecule has 2 aromatic rings. The first-order valence-corrected chi connectivity index (χ1v) is 10.7. The molecule has 0 atom stereocenters. The van der Waals surface area contributed by atoms with Crippen molar-refractivity contribution >= 4 is 11.6 Å². The molecule has 1 heterocycles. The maximum atomic E-state index is 14.1. The van der Waals surface area contributed by atoms with E-state index in [1.54, 1.807) is 12.1 Å². The number of halogens is 1. The Bertz CT molecular complexity index is 839. The minimum atomic E-state index is -0.248. The van der Waals surface area contributed by atoms with Gasteiger partial charge in [-0.3, -0.25) is 9.69 Å². The van der Waals surface area contributed by atoms with Crippen LogP contribution < -0.4 is 4.90 Å². The fourth-order valence-corrected chi connectivity index (χ4v) is 4.04. The van der Waals surface area contributed by atoms with Crippen molar-refractivity contribution < 1.29 is 9.18 Å². The van der Waals surface area contributed by atoms with Crippen molar-refractivity contribution in [3.05, 3.63) is 65.5 Å². The standard InChI is InChI=1S/C24H30FN3O/c1-18(2)26-13-15-27(16-14-26)21-9-7-19(8-10-21)24(29)28(22-11-12-22)17-20-5-3-4-6-23(20)25/h3-10,18,22H,11-17H2,1-2H3. The molecular weight excluding hydrogens is 365 g/mol. The van der Waals surface area contributed by atoms with Crippen LogP contribution >= 0.6 is 0 Å². The Kier molecular flexibility index (Phi) is 5.86. The molecule has 1 saturated carbocycles. The average molecular weight is 396 g/mol. The number of hydrogen-bond donors (Lipinski definition) is 0. The van der Waals surface area contributed by atoms with Crippen LogP contribution in [-0.4, -0.2) is 54.0 Å². The molecule has 154 valence electrons. The van der Waals surface area contributed by atoms with Gasteiger partial charge >= 0.3 is 0 Å². The highest BCUT2D eigenvalue weighted by atomic mass is 19.1. The zero-order chi connectivity index (χ0) is 20.4. The molecule has 1 saturated heterocycles. The summed E-state index contributed by atoms with van der Waals surface area (Å²) < 4.78 is 14.1. The molecule has 1 aliphatic heterocycles. The third-order valence-electron chi connectivity index (χ3n) is 6.07. The molecule has 1 amide bonds. The zero-order valence-corrected chi connectivity index (χ0v) is 17.4. The Morgan fingerprint density at radius 1 is 1.03 bits per heavy atom. The van der Waals surface area contributed by atoms with Crippen molar-refractivity contribution in [1.82, 2.24) is 9.80 Å². The van der Waals surface area contributed by atoms with Gasteiger partial charge in [0.1, 0.15) is 5.82 Å². The average Bonchev–Trinajstić information content (AvgIpc) is 3.58. The minimum absolute atomic E-state index is 0.00747. The summed E-state index contributed by atoms with van der Waals surface area (Å²) in [7, 11) is 0. The SMILES string of the molecule is CC(C)N1CCN(c2ccc(C(=O)N(Cc3ccccc3F)C3CC3)cc2)CC1. The molecular formula is C24H30FN3O. The largest absolute Gasteiger partial charge is 0.369 e. The van der Waals surface area contributed by atoms with Gasteiger partial charge < -0.3 is 9.80 Å². The second kappa shape index (κ2) is 8.54. The van der Waals surface area contributed by atoms with Gasteiger partial charge in [-0.2, -0.15) is 0 Å². The first-order valence-electron chi connectivity index (χ1n) is 10.7. The summed E-state index contributed by atoms with van der Waals surface area (Å²) in [5.74, 6) is -0.256. The van der Waals surface area contributed by atoms with E-state index in [2.05, 4.69) is 23.6 Å². The summed E-state index contributed by atoms with van der Waals surface area (Å²) in [5, 5.41) is 0. The molecule has 4 nitrogen and oxygen atoms in total. The molecule has 0 bridgehead atoms. The van der Waals surface area contributed by atoms with E-state index in [0.717, 1.165) is 44.7 Å². The van der Waals surface area contributed by atoms with E-state index in [-0.39, 0.29) is 17.8 Å². The number of benzene rings is 2. The Balaban J connectivity index is 1.43. The van der Waals surface area contributed by atoms with E-state index in [1.165, 1.54) is 6.07 Å². The number of nitrogens with zero attached hydrogens (tertiary/aromatic N) is 3. The zero-order valence-electron chi connectivity index (χ0n) is 17.4. The number of hydrogen-bond acceptors (Lipinski definition) is 3. The van der Waals surface area contributed by atoms with E-state index in [0.29, 0.717) is 23.7 Å². The molecule has 1 aliphatic carbocycles. The first kappa shape index (κ1) is 19.9. The summed E-state index contributed by atoms with van der Waals surface area (Å²) in [4.78, 5) is 19.8. The van der Waals surface area contributed by atoms with Crippen LogP contribution in [0.3, 0.4) is 0 Å². The Morgan fingerprint density at radius 2 is 1.69 bits per heavy atom. The topological polar surface area (TPSA) is 26.8 Å². The van der Waals surface area contributed by atoms with Crippen LogP contribution in [0.4, 0.5) is 10.1 Å². The van der Waals surface area contributed by atoms with Crippen molar-refractivity contribution in [2.45, 2.75) is 45.3 Å². The van der Waals surface area contributed by atoms with Gasteiger partial charge in [0.25, 0.3) is 5.91 Å². The Morgan fingerprint density at radius 3 is 2.28 bits per heavy atom. The molecule has 0 N–H and O–H groups in total. The fraction of sp³-hybridized carbons (Fsp3) is 0.458. The second-order valence-electron chi connectivity index (χ2n) is 8.42. The number of carbonyl (C=O) groups excluding carboxylic acids is 1. The van der Waals surface area contributed by atoms with Crippen molar-refractivity contribution in [3.8, 4) is 0 Å². The number of piperazine rings is 1. The van der Waals surface area contributed by atoms with Gasteiger partial charge in [0.2, 0.25) is 0 Å². The molecule has 2 aromatic carbocycles. The third-order valence-corrected chi connectivity index (χ3v) is 6.07. The van der Waals surface area contributed by atoms with Crippen molar-refractivity contribution in [3.63, 3.8) is 0 Å². The van der Waals surface area contributed by atoms with Gasteiger partial charge in [-0.1, -0.05) is 18.2 Å². The van der Waals surface area contributed by atoms with Crippen LogP contribution in [0.25, 0.3) is 0 Å².